The summed E-state index contributed by atoms with van der Waals surface area (Å²) >= 11 is 0. The lowest BCUT2D eigenvalue weighted by atomic mass is 9.97. The first-order valence-corrected chi connectivity index (χ1v) is 11.5. The molecule has 3 aromatic rings. The zero-order valence-electron chi connectivity index (χ0n) is 19.1. The maximum atomic E-state index is 12.8. The lowest BCUT2D eigenvalue weighted by Gasteiger charge is -2.31. The van der Waals surface area contributed by atoms with Crippen molar-refractivity contribution in [2.75, 3.05) is 45.3 Å². The molecule has 0 bridgehead atoms. The summed E-state index contributed by atoms with van der Waals surface area (Å²) in [7, 11) is 1.65. The second-order valence-electron chi connectivity index (χ2n) is 8.70. The number of piperidine rings is 1. The summed E-state index contributed by atoms with van der Waals surface area (Å²) in [5, 5.41) is 4.76. The summed E-state index contributed by atoms with van der Waals surface area (Å²) in [6.45, 7) is 2.62. The number of carbonyl (C=O) groups excluding carboxylic acids is 2. The Balaban J connectivity index is 1.14. The largest absolute Gasteiger partial charge is 0.497 e. The van der Waals surface area contributed by atoms with Crippen molar-refractivity contribution in [1.29, 1.82) is 0 Å². The van der Waals surface area contributed by atoms with Crippen molar-refractivity contribution in [1.82, 2.24) is 9.88 Å². The zero-order valence-corrected chi connectivity index (χ0v) is 19.1. The molecule has 3 heterocycles. The fourth-order valence-electron chi connectivity index (χ4n) is 4.42. The first-order valence-electron chi connectivity index (χ1n) is 11.5. The number of methoxy groups -OCH3 is 1. The molecule has 0 unspecified atom stereocenters. The summed E-state index contributed by atoms with van der Waals surface area (Å²) in [5.74, 6) is 2.22. The quantitative estimate of drug-likeness (QED) is 0.538. The lowest BCUT2D eigenvalue weighted by Crippen LogP contribution is -2.38. The van der Waals surface area contributed by atoms with E-state index in [-0.39, 0.29) is 18.3 Å². The van der Waals surface area contributed by atoms with Crippen LogP contribution in [-0.2, 0) is 4.79 Å². The smallest absolute Gasteiger partial charge is 0.262 e. The van der Waals surface area contributed by atoms with Gasteiger partial charge in [0.2, 0.25) is 5.88 Å². The highest BCUT2D eigenvalue weighted by molar-refractivity contribution is 6.01. The number of nitrogens with zero attached hydrogens (tertiary/aromatic N) is 2. The van der Waals surface area contributed by atoms with Crippen LogP contribution in [0, 0.1) is 5.92 Å². The molecular formula is C26H27N3O5. The Hall–Kier alpha value is -3.65. The average molecular weight is 462 g/mol. The molecule has 8 nitrogen and oxygen atoms in total. The number of benzene rings is 2. The van der Waals surface area contributed by atoms with Crippen LogP contribution in [0.1, 0.15) is 23.2 Å². The molecule has 1 aromatic heterocycles. The van der Waals surface area contributed by atoms with Gasteiger partial charge >= 0.3 is 0 Å². The first-order chi connectivity index (χ1) is 16.6. The summed E-state index contributed by atoms with van der Waals surface area (Å²) < 4.78 is 16.8. The molecule has 2 aliphatic rings. The topological polar surface area (TPSA) is 90.0 Å². The molecule has 0 spiro atoms. The molecule has 8 heteroatoms. The highest BCUT2D eigenvalue weighted by Crippen LogP contribution is 2.30. The lowest BCUT2D eigenvalue weighted by molar-refractivity contribution is -0.118. The summed E-state index contributed by atoms with van der Waals surface area (Å²) in [4.78, 5) is 31.0. The van der Waals surface area contributed by atoms with Crippen molar-refractivity contribution in [3.63, 3.8) is 0 Å². The van der Waals surface area contributed by atoms with Crippen LogP contribution in [0.2, 0.25) is 0 Å². The van der Waals surface area contributed by atoms with E-state index in [9.17, 15) is 9.59 Å². The third kappa shape index (κ3) is 4.82. The predicted molar refractivity (Wildman–Crippen MR) is 128 cm³/mol. The molecule has 0 radical (unpaired) electrons. The summed E-state index contributed by atoms with van der Waals surface area (Å²) in [5.41, 5.74) is 1.13. The Morgan fingerprint density at radius 1 is 1.18 bits per heavy atom. The van der Waals surface area contributed by atoms with Crippen molar-refractivity contribution in [2.45, 2.75) is 12.8 Å². The van der Waals surface area contributed by atoms with Gasteiger partial charge in [-0.2, -0.15) is 0 Å². The maximum absolute atomic E-state index is 12.8. The number of likely N-dealkylation sites (tertiary alicyclic amines) is 1. The van der Waals surface area contributed by atoms with Crippen LogP contribution >= 0.6 is 0 Å². The molecular weight excluding hydrogens is 434 g/mol. The Labute approximate surface area is 197 Å². The second kappa shape index (κ2) is 9.69. The number of Topliss-reactive ketones (excluding diaryl/α,β-unsaturated/α-hetero) is 1. The molecule has 0 aliphatic carbocycles. The van der Waals surface area contributed by atoms with Crippen LogP contribution in [-0.4, -0.2) is 61.5 Å². The molecule has 5 rings (SSSR count). The van der Waals surface area contributed by atoms with Gasteiger partial charge in [-0.15, -0.1) is 0 Å². The van der Waals surface area contributed by atoms with Gasteiger partial charge in [-0.3, -0.25) is 14.5 Å². The van der Waals surface area contributed by atoms with E-state index in [0.717, 1.165) is 42.5 Å². The molecule has 0 atom stereocenters. The number of rotatable bonds is 7. The van der Waals surface area contributed by atoms with E-state index in [0.29, 0.717) is 41.9 Å². The Kier molecular flexibility index (Phi) is 6.31. The van der Waals surface area contributed by atoms with Crippen LogP contribution in [0.15, 0.2) is 48.7 Å². The van der Waals surface area contributed by atoms with Crippen molar-refractivity contribution in [3.8, 4) is 17.4 Å². The molecule has 2 aromatic carbocycles. The number of amides is 1. The molecule has 1 amide bonds. The number of ketones is 1. The van der Waals surface area contributed by atoms with Crippen molar-refractivity contribution in [3.05, 3.63) is 54.2 Å². The number of hydrogen-bond acceptors (Lipinski definition) is 7. The molecule has 1 saturated heterocycles. The molecule has 34 heavy (non-hydrogen) atoms. The molecule has 0 saturated carbocycles. The third-order valence-corrected chi connectivity index (χ3v) is 6.40. The number of fused-ring (bicyclic) bond motifs is 2. The SMILES string of the molecule is COc1ccc2ccnc(OCC3CCN(CC(=O)c4ccc5c(c4)NC(=O)CO5)CC3)c2c1. The predicted octanol–water partition coefficient (Wildman–Crippen LogP) is 3.55. The highest BCUT2D eigenvalue weighted by atomic mass is 16.5. The van der Waals surface area contributed by atoms with Gasteiger partial charge in [0, 0.05) is 17.1 Å². The van der Waals surface area contributed by atoms with Gasteiger partial charge in [0.25, 0.3) is 5.91 Å². The zero-order chi connectivity index (χ0) is 23.5. The molecule has 1 N–H and O–H groups in total. The van der Waals surface area contributed by atoms with Gasteiger partial charge in [0.05, 0.1) is 25.9 Å². The van der Waals surface area contributed by atoms with Gasteiger partial charge in [0.15, 0.2) is 12.4 Å². The minimum absolute atomic E-state index is 0.00367. The summed E-state index contributed by atoms with van der Waals surface area (Å²) in [6, 6.07) is 13.0. The minimum Gasteiger partial charge on any atom is -0.497 e. The second-order valence-corrected chi connectivity index (χ2v) is 8.70. The number of pyridine rings is 1. The van der Waals surface area contributed by atoms with E-state index in [1.807, 2.05) is 24.3 Å². The van der Waals surface area contributed by atoms with Gasteiger partial charge in [0.1, 0.15) is 11.5 Å². The minimum atomic E-state index is -0.209. The van der Waals surface area contributed by atoms with Gasteiger partial charge in [-0.1, -0.05) is 6.07 Å². The highest BCUT2D eigenvalue weighted by Gasteiger charge is 2.23. The van der Waals surface area contributed by atoms with Crippen LogP contribution in [0.5, 0.6) is 17.4 Å². The number of carbonyl (C=O) groups is 2. The number of nitrogens with one attached hydrogen (secondary N) is 1. The Bertz CT molecular complexity index is 1220. The van der Waals surface area contributed by atoms with E-state index in [4.69, 9.17) is 14.2 Å². The van der Waals surface area contributed by atoms with Crippen molar-refractivity contribution >= 4 is 28.2 Å². The average Bonchev–Trinajstić information content (AvgIpc) is 2.87. The normalized spacial score (nSPS) is 16.4. The van der Waals surface area contributed by atoms with Crippen LogP contribution in [0.4, 0.5) is 5.69 Å². The maximum Gasteiger partial charge on any atom is 0.262 e. The van der Waals surface area contributed by atoms with Crippen molar-refractivity contribution < 1.29 is 23.8 Å². The number of ether oxygens (including phenoxy) is 3. The van der Waals surface area contributed by atoms with E-state index < -0.39 is 0 Å². The van der Waals surface area contributed by atoms with Gasteiger partial charge in [-0.05, 0) is 73.6 Å². The molecule has 176 valence electrons. The monoisotopic (exact) mass is 461 g/mol. The number of hydrogen-bond donors (Lipinski definition) is 1. The van der Waals surface area contributed by atoms with Gasteiger partial charge < -0.3 is 19.5 Å². The third-order valence-electron chi connectivity index (χ3n) is 6.40. The summed E-state index contributed by atoms with van der Waals surface area (Å²) in [6.07, 6.45) is 3.67. The van der Waals surface area contributed by atoms with E-state index in [1.54, 1.807) is 31.5 Å². The van der Waals surface area contributed by atoms with E-state index in [1.165, 1.54) is 0 Å². The number of anilines is 1. The fourth-order valence-corrected chi connectivity index (χ4v) is 4.42. The van der Waals surface area contributed by atoms with Crippen LogP contribution in [0.3, 0.4) is 0 Å². The van der Waals surface area contributed by atoms with Gasteiger partial charge in [-0.25, -0.2) is 4.98 Å². The van der Waals surface area contributed by atoms with E-state index >= 15 is 0 Å². The Morgan fingerprint density at radius 3 is 2.85 bits per heavy atom. The number of aromatic nitrogens is 1. The fraction of sp³-hybridized carbons (Fsp3) is 0.346. The first kappa shape index (κ1) is 22.2. The Morgan fingerprint density at radius 2 is 2.03 bits per heavy atom. The van der Waals surface area contributed by atoms with Crippen LogP contribution < -0.4 is 19.5 Å². The molecule has 1 fully saturated rings. The van der Waals surface area contributed by atoms with Crippen LogP contribution in [0.25, 0.3) is 10.8 Å². The van der Waals surface area contributed by atoms with Crippen molar-refractivity contribution in [2.24, 2.45) is 5.92 Å². The van der Waals surface area contributed by atoms with E-state index in [2.05, 4.69) is 15.2 Å². The standard InChI is InChI=1S/C26H27N3O5/c1-32-20-4-2-18-6-9-27-26(21(18)13-20)34-15-17-7-10-29(11-8-17)14-23(30)19-3-5-24-22(12-19)28-25(31)16-33-24/h2-6,9,12-13,17H,7-8,10-11,14-16H2,1H3,(H,28,31). The molecule has 2 aliphatic heterocycles.